The summed E-state index contributed by atoms with van der Waals surface area (Å²) in [6.45, 7) is 11.2. The number of nitrogens with zero attached hydrogens (tertiary/aromatic N) is 1. The van der Waals surface area contributed by atoms with Crippen LogP contribution in [0.1, 0.15) is 109 Å². The quantitative estimate of drug-likeness (QED) is 0.0589. The number of unbranched alkanes of at least 4 members (excludes halogenated alkanes) is 2. The van der Waals surface area contributed by atoms with Crippen molar-refractivity contribution in [1.82, 2.24) is 26.2 Å². The van der Waals surface area contributed by atoms with Crippen molar-refractivity contribution < 1.29 is 33.4 Å². The third-order valence-electron chi connectivity index (χ3n) is 11.4. The number of benzene rings is 3. The summed E-state index contributed by atoms with van der Waals surface area (Å²) in [5, 5.41) is 11.7. The molecule has 1 saturated heterocycles. The van der Waals surface area contributed by atoms with E-state index in [1.807, 2.05) is 87.5 Å². The SMILES string of the molecule is CCCCOC(=O)N[C@H](/C=C/[C@H](Cc1ccccc1)C(=O)N1CCC[C@H]1C(=O)N[C@@H](CCCCNC(=O)OCC1c2ccccc2-c2ccccc21)C(=O)NC(C)C)CC(C)C. The lowest BCUT2D eigenvalue weighted by Crippen LogP contribution is -2.54. The van der Waals surface area contributed by atoms with E-state index in [1.54, 1.807) is 4.90 Å². The highest BCUT2D eigenvalue weighted by molar-refractivity contribution is 5.93. The van der Waals surface area contributed by atoms with Crippen molar-refractivity contribution in [3.63, 3.8) is 0 Å². The van der Waals surface area contributed by atoms with Crippen LogP contribution in [0.3, 0.4) is 0 Å². The molecule has 1 aliphatic heterocycles. The number of ether oxygens (including phenoxy) is 2. The molecule has 334 valence electrons. The van der Waals surface area contributed by atoms with E-state index in [4.69, 9.17) is 9.47 Å². The normalized spacial score (nSPS) is 16.0. The van der Waals surface area contributed by atoms with Crippen LogP contribution >= 0.6 is 0 Å². The van der Waals surface area contributed by atoms with Crippen LogP contribution in [0.5, 0.6) is 0 Å². The van der Waals surface area contributed by atoms with Gasteiger partial charge in [-0.3, -0.25) is 14.4 Å². The fourth-order valence-electron chi connectivity index (χ4n) is 8.32. The zero-order chi connectivity index (χ0) is 44.4. The van der Waals surface area contributed by atoms with Crippen LogP contribution in [0.4, 0.5) is 9.59 Å². The fraction of sp³-hybridized carbons (Fsp3) is 0.500. The lowest BCUT2D eigenvalue weighted by molar-refractivity contribution is -0.141. The summed E-state index contributed by atoms with van der Waals surface area (Å²) in [6, 6.07) is 24.1. The molecule has 5 rings (SSSR count). The third kappa shape index (κ3) is 13.9. The van der Waals surface area contributed by atoms with Crippen LogP contribution in [-0.4, -0.2) is 85.3 Å². The molecule has 3 aromatic carbocycles. The number of likely N-dealkylation sites (tertiary alicyclic amines) is 1. The summed E-state index contributed by atoms with van der Waals surface area (Å²) in [7, 11) is 0. The molecule has 0 spiro atoms. The van der Waals surface area contributed by atoms with Crippen molar-refractivity contribution in [2.45, 2.75) is 122 Å². The van der Waals surface area contributed by atoms with E-state index in [0.717, 1.165) is 40.7 Å². The number of nitrogens with one attached hydrogen (secondary N) is 4. The van der Waals surface area contributed by atoms with Gasteiger partial charge in [-0.05, 0) is 98.9 Å². The number of carbonyl (C=O) groups excluding carboxylic acids is 5. The molecule has 0 unspecified atom stereocenters. The van der Waals surface area contributed by atoms with Gasteiger partial charge in [0.15, 0.2) is 0 Å². The lowest BCUT2D eigenvalue weighted by atomic mass is 9.95. The third-order valence-corrected chi connectivity index (χ3v) is 11.4. The van der Waals surface area contributed by atoms with E-state index in [0.29, 0.717) is 64.6 Å². The zero-order valence-electron chi connectivity index (χ0n) is 37.2. The predicted molar refractivity (Wildman–Crippen MR) is 242 cm³/mol. The van der Waals surface area contributed by atoms with Crippen molar-refractivity contribution in [2.75, 3.05) is 26.3 Å². The molecular formula is C50H67N5O7. The summed E-state index contributed by atoms with van der Waals surface area (Å²) in [6.07, 6.45) is 8.11. The first kappa shape index (κ1) is 47.4. The van der Waals surface area contributed by atoms with Crippen LogP contribution < -0.4 is 21.3 Å². The Morgan fingerprint density at radius 3 is 2.11 bits per heavy atom. The molecule has 2 aliphatic rings. The van der Waals surface area contributed by atoms with Crippen molar-refractivity contribution >= 4 is 29.9 Å². The maximum atomic E-state index is 14.4. The van der Waals surface area contributed by atoms with Gasteiger partial charge in [-0.2, -0.15) is 0 Å². The van der Waals surface area contributed by atoms with Gasteiger partial charge in [0, 0.05) is 25.0 Å². The van der Waals surface area contributed by atoms with Crippen LogP contribution in [0.2, 0.25) is 0 Å². The van der Waals surface area contributed by atoms with Crippen molar-refractivity contribution in [2.24, 2.45) is 11.8 Å². The molecule has 0 bridgehead atoms. The molecule has 3 aromatic rings. The van der Waals surface area contributed by atoms with Crippen LogP contribution in [0.25, 0.3) is 11.1 Å². The van der Waals surface area contributed by atoms with Gasteiger partial charge in [0.2, 0.25) is 17.7 Å². The van der Waals surface area contributed by atoms with E-state index in [1.165, 1.54) is 0 Å². The molecule has 62 heavy (non-hydrogen) atoms. The average Bonchev–Trinajstić information content (AvgIpc) is 3.87. The lowest BCUT2D eigenvalue weighted by Gasteiger charge is -2.29. The molecule has 1 fully saturated rings. The topological polar surface area (TPSA) is 155 Å². The fourth-order valence-corrected chi connectivity index (χ4v) is 8.32. The minimum atomic E-state index is -0.822. The molecule has 1 heterocycles. The second-order valence-electron chi connectivity index (χ2n) is 17.2. The molecule has 12 heteroatoms. The van der Waals surface area contributed by atoms with E-state index in [9.17, 15) is 24.0 Å². The van der Waals surface area contributed by atoms with E-state index in [2.05, 4.69) is 59.4 Å². The molecule has 1 aliphatic carbocycles. The van der Waals surface area contributed by atoms with E-state index < -0.39 is 30.2 Å². The predicted octanol–water partition coefficient (Wildman–Crippen LogP) is 8.05. The first-order valence-corrected chi connectivity index (χ1v) is 22.6. The Labute approximate surface area is 368 Å². The van der Waals surface area contributed by atoms with Crippen molar-refractivity contribution in [3.05, 3.63) is 108 Å². The number of amides is 5. The van der Waals surface area contributed by atoms with Crippen LogP contribution in [-0.2, 0) is 30.3 Å². The minimum absolute atomic E-state index is 0.0361. The molecular weight excluding hydrogens is 783 g/mol. The molecule has 5 amide bonds. The number of rotatable bonds is 22. The van der Waals surface area contributed by atoms with Gasteiger partial charge >= 0.3 is 12.2 Å². The van der Waals surface area contributed by atoms with Gasteiger partial charge in [-0.25, -0.2) is 9.59 Å². The highest BCUT2D eigenvalue weighted by Gasteiger charge is 2.38. The Balaban J connectivity index is 1.17. The summed E-state index contributed by atoms with van der Waals surface area (Å²) in [5.41, 5.74) is 5.58. The second kappa shape index (κ2) is 24.1. The molecule has 12 nitrogen and oxygen atoms in total. The number of fused-ring (bicyclic) bond motifs is 3. The van der Waals surface area contributed by atoms with Gasteiger partial charge < -0.3 is 35.6 Å². The number of carbonyl (C=O) groups is 5. The first-order valence-electron chi connectivity index (χ1n) is 22.6. The Morgan fingerprint density at radius 2 is 1.45 bits per heavy atom. The van der Waals surface area contributed by atoms with E-state index >= 15 is 0 Å². The summed E-state index contributed by atoms with van der Waals surface area (Å²) in [5.74, 6) is -1.20. The Hall–Kier alpha value is -5.65. The smallest absolute Gasteiger partial charge is 0.407 e. The van der Waals surface area contributed by atoms with Gasteiger partial charge in [0.25, 0.3) is 0 Å². The molecule has 0 radical (unpaired) electrons. The van der Waals surface area contributed by atoms with Crippen LogP contribution in [0, 0.1) is 11.8 Å². The summed E-state index contributed by atoms with van der Waals surface area (Å²) in [4.78, 5) is 68.9. The highest BCUT2D eigenvalue weighted by atomic mass is 16.6. The van der Waals surface area contributed by atoms with Gasteiger partial charge in [-0.15, -0.1) is 0 Å². The zero-order valence-corrected chi connectivity index (χ0v) is 37.2. The Kier molecular flexibility index (Phi) is 18.4. The largest absolute Gasteiger partial charge is 0.450 e. The number of hydrogen-bond acceptors (Lipinski definition) is 7. The maximum absolute atomic E-state index is 14.4. The Bertz CT molecular complexity index is 1920. The molecule has 0 saturated carbocycles. The summed E-state index contributed by atoms with van der Waals surface area (Å²) >= 11 is 0. The van der Waals surface area contributed by atoms with Gasteiger partial charge in [0.05, 0.1) is 18.6 Å². The average molecular weight is 850 g/mol. The first-order chi connectivity index (χ1) is 29.9. The standard InChI is InChI=1S/C50H67N5O7/c1-6-7-30-61-50(60)53-38(31-34(2)3)27-26-37(32-36-18-9-8-10-19-36)48(58)55-29-17-25-45(55)47(57)54-44(46(56)52-35(4)5)24-15-16-28-51-49(59)62-33-43-41-22-13-11-20-39(41)40-21-12-14-23-42(40)43/h8-14,18-23,26-27,34-35,37-38,43-45H,6-7,15-17,24-25,28-33H2,1-5H3,(H,51,59)(H,52,56)(H,53,60)(H,54,57)/b27-26+/t37-,38-,44+,45+/m1/s1. The van der Waals surface area contributed by atoms with Gasteiger partial charge in [-0.1, -0.05) is 118 Å². The summed E-state index contributed by atoms with van der Waals surface area (Å²) < 4.78 is 11.1. The molecule has 0 aromatic heterocycles. The Morgan fingerprint density at radius 1 is 0.774 bits per heavy atom. The monoisotopic (exact) mass is 850 g/mol. The minimum Gasteiger partial charge on any atom is -0.450 e. The number of hydrogen-bond donors (Lipinski definition) is 4. The molecule has 4 N–H and O–H groups in total. The highest BCUT2D eigenvalue weighted by Crippen LogP contribution is 2.44. The number of alkyl carbamates (subject to hydrolysis) is 2. The van der Waals surface area contributed by atoms with Crippen molar-refractivity contribution in [3.8, 4) is 11.1 Å². The maximum Gasteiger partial charge on any atom is 0.407 e. The van der Waals surface area contributed by atoms with Gasteiger partial charge in [0.1, 0.15) is 18.7 Å². The van der Waals surface area contributed by atoms with Crippen LogP contribution in [0.15, 0.2) is 91.0 Å². The van der Waals surface area contributed by atoms with Crippen molar-refractivity contribution in [1.29, 1.82) is 0 Å². The van der Waals surface area contributed by atoms with E-state index in [-0.39, 0.29) is 48.2 Å². The molecule has 4 atom stereocenters. The second-order valence-corrected chi connectivity index (χ2v) is 17.2.